The van der Waals surface area contributed by atoms with E-state index in [1.807, 2.05) is 35.2 Å². The molecule has 0 fully saturated rings. The molecule has 0 bridgehead atoms. The second-order valence-corrected chi connectivity index (χ2v) is 22.3. The molecular formula is C33H60BN6Zr. The molecule has 3 heterocycles. The Morgan fingerprint density at radius 2 is 0.707 bits per heavy atom. The van der Waals surface area contributed by atoms with Gasteiger partial charge in [-0.3, -0.25) is 14.0 Å². The maximum atomic E-state index is 4.84. The van der Waals surface area contributed by atoms with Gasteiger partial charge >= 0.3 is 119 Å². The number of aryl methyl sites for hydroxylation is 3. The SMILES string of the molecule is CC(C)(C)[CH2][Zr]([CH2]C(C)(C)C)[CH2]C(C)(C)C.Cc1c(B(c2nn(C)c(C)c2C)c2nn(C)c(C)c2C)nn(C)c1C. The molecule has 0 aromatic carbocycles. The van der Waals surface area contributed by atoms with E-state index in [0.29, 0.717) is 16.2 Å². The van der Waals surface area contributed by atoms with Crippen molar-refractivity contribution in [2.75, 3.05) is 0 Å². The first-order chi connectivity index (χ1) is 18.4. The van der Waals surface area contributed by atoms with Crippen LogP contribution in [0.25, 0.3) is 0 Å². The maximum absolute atomic E-state index is 4.84. The minimum Gasteiger partial charge on any atom is -0.273 e. The van der Waals surface area contributed by atoms with Gasteiger partial charge in [-0.05, 0) is 58.2 Å². The van der Waals surface area contributed by atoms with Crippen molar-refractivity contribution in [3.63, 3.8) is 0 Å². The molecule has 0 saturated heterocycles. The second-order valence-electron chi connectivity index (χ2n) is 16.1. The minimum atomic E-state index is -1.22. The topological polar surface area (TPSA) is 53.5 Å². The summed E-state index contributed by atoms with van der Waals surface area (Å²) >= 11 is -1.22. The number of nitrogens with zero attached hydrogens (tertiary/aromatic N) is 6. The predicted molar refractivity (Wildman–Crippen MR) is 175 cm³/mol. The monoisotopic (exact) mass is 641 g/mol. The van der Waals surface area contributed by atoms with Crippen LogP contribution in [-0.4, -0.2) is 36.1 Å². The van der Waals surface area contributed by atoms with Crippen LogP contribution in [0.2, 0.25) is 12.4 Å². The molecule has 229 valence electrons. The van der Waals surface area contributed by atoms with Crippen LogP contribution >= 0.6 is 0 Å². The van der Waals surface area contributed by atoms with Crippen molar-refractivity contribution >= 4 is 23.5 Å². The molecule has 0 atom stereocenters. The van der Waals surface area contributed by atoms with Crippen molar-refractivity contribution < 1.29 is 21.8 Å². The summed E-state index contributed by atoms with van der Waals surface area (Å²) in [5.74, 6) is 0. The molecule has 0 aliphatic rings. The van der Waals surface area contributed by atoms with Crippen molar-refractivity contribution in [3.05, 3.63) is 33.8 Å². The van der Waals surface area contributed by atoms with Gasteiger partial charge in [-0.2, -0.15) is 15.3 Å². The summed E-state index contributed by atoms with van der Waals surface area (Å²) in [5, 5.41) is 14.5. The Kier molecular flexibility index (Phi) is 11.4. The molecule has 3 aromatic rings. The molecule has 6 nitrogen and oxygen atoms in total. The molecule has 0 unspecified atom stereocenters. The third kappa shape index (κ3) is 9.53. The average molecular weight is 643 g/mol. The van der Waals surface area contributed by atoms with Crippen LogP contribution in [0.15, 0.2) is 0 Å². The largest absolute Gasteiger partial charge is 0.318 e. The maximum Gasteiger partial charge on any atom is 0.318 e. The van der Waals surface area contributed by atoms with Crippen LogP contribution in [0.5, 0.6) is 0 Å². The van der Waals surface area contributed by atoms with Gasteiger partial charge in [0.1, 0.15) is 0 Å². The minimum absolute atomic E-state index is 0.0558. The van der Waals surface area contributed by atoms with Gasteiger partial charge in [-0.25, -0.2) is 0 Å². The van der Waals surface area contributed by atoms with Gasteiger partial charge in [-0.1, -0.05) is 0 Å². The van der Waals surface area contributed by atoms with Gasteiger partial charge in [-0.15, -0.1) is 0 Å². The van der Waals surface area contributed by atoms with E-state index in [-0.39, 0.29) is 6.71 Å². The van der Waals surface area contributed by atoms with Crippen molar-refractivity contribution in [3.8, 4) is 0 Å². The van der Waals surface area contributed by atoms with E-state index in [4.69, 9.17) is 15.3 Å². The van der Waals surface area contributed by atoms with Gasteiger partial charge < -0.3 is 0 Å². The van der Waals surface area contributed by atoms with Crippen LogP contribution in [0.4, 0.5) is 0 Å². The molecule has 0 saturated carbocycles. The van der Waals surface area contributed by atoms with Crippen LogP contribution in [0.3, 0.4) is 0 Å². The number of hydrogen-bond donors (Lipinski definition) is 0. The summed E-state index contributed by atoms with van der Waals surface area (Å²) in [6, 6.07) is 0. The number of rotatable bonds is 6. The molecule has 3 aromatic heterocycles. The standard InChI is InChI=1S/C18H27BN6.3C5H11.Zr/c1-10-13(4)23(7)20-16(10)19(17-11(2)14(5)24(8)21-17)18-12(3)15(6)25(9)22-18;3*1-5(2,3)4;/h1-9H3;3*1H2,2-4H3;. The fourth-order valence-corrected chi connectivity index (χ4v) is 17.9. The van der Waals surface area contributed by atoms with E-state index in [2.05, 4.69) is 104 Å². The summed E-state index contributed by atoms with van der Waals surface area (Å²) < 4.78 is 10.5. The second kappa shape index (κ2) is 13.1. The molecule has 0 spiro atoms. The summed E-state index contributed by atoms with van der Waals surface area (Å²) in [6.45, 7) is 34.4. The molecule has 8 heteroatoms. The van der Waals surface area contributed by atoms with Crippen molar-refractivity contribution in [2.45, 2.75) is 116 Å². The van der Waals surface area contributed by atoms with Crippen molar-refractivity contribution in [2.24, 2.45) is 37.4 Å². The Balaban J connectivity index is 0.000000320. The van der Waals surface area contributed by atoms with E-state index >= 15 is 0 Å². The summed E-state index contributed by atoms with van der Waals surface area (Å²) in [5.41, 5.74) is 11.9. The Labute approximate surface area is 260 Å². The van der Waals surface area contributed by atoms with E-state index in [0.717, 1.165) is 16.8 Å². The Bertz CT molecular complexity index is 1160. The third-order valence-corrected chi connectivity index (χ3v) is 19.7. The number of aromatic nitrogens is 6. The van der Waals surface area contributed by atoms with Crippen molar-refractivity contribution in [1.29, 1.82) is 0 Å². The zero-order valence-electron chi connectivity index (χ0n) is 29.9. The molecule has 41 heavy (non-hydrogen) atoms. The van der Waals surface area contributed by atoms with Crippen molar-refractivity contribution in [1.82, 2.24) is 29.3 Å². The van der Waals surface area contributed by atoms with Gasteiger partial charge in [0.15, 0.2) is 0 Å². The molecule has 0 radical (unpaired) electrons. The van der Waals surface area contributed by atoms with Gasteiger partial charge in [0, 0.05) is 55.0 Å². The molecular weight excluding hydrogens is 582 g/mol. The fraction of sp³-hybridized carbons (Fsp3) is 0.727. The Morgan fingerprint density at radius 1 is 0.488 bits per heavy atom. The summed E-state index contributed by atoms with van der Waals surface area (Å²) in [6.07, 6.45) is 0. The quantitative estimate of drug-likeness (QED) is 0.299. The Morgan fingerprint density at radius 3 is 0.854 bits per heavy atom. The molecule has 0 amide bonds. The first-order valence-corrected chi connectivity index (χ1v) is 20.5. The normalized spacial score (nSPS) is 12.4. The molecule has 3 rings (SSSR count). The fourth-order valence-electron chi connectivity index (χ4n) is 5.87. The zero-order chi connectivity index (χ0) is 31.8. The molecule has 0 aliphatic heterocycles. The molecule has 0 N–H and O–H groups in total. The van der Waals surface area contributed by atoms with E-state index < -0.39 is 21.8 Å². The van der Waals surface area contributed by atoms with E-state index in [9.17, 15) is 0 Å². The van der Waals surface area contributed by atoms with Gasteiger partial charge in [0.05, 0.1) is 0 Å². The zero-order valence-corrected chi connectivity index (χ0v) is 32.3. The van der Waals surface area contributed by atoms with Crippen LogP contribution in [0, 0.1) is 57.8 Å². The van der Waals surface area contributed by atoms with E-state index in [1.54, 1.807) is 12.4 Å². The first-order valence-electron chi connectivity index (χ1n) is 15.3. The predicted octanol–water partition coefficient (Wildman–Crippen LogP) is 6.25. The first kappa shape index (κ1) is 35.8. The van der Waals surface area contributed by atoms with Crippen LogP contribution in [0.1, 0.15) is 96.1 Å². The third-order valence-electron chi connectivity index (χ3n) is 8.17. The summed E-state index contributed by atoms with van der Waals surface area (Å²) in [4.78, 5) is 0. The number of hydrogen-bond acceptors (Lipinski definition) is 3. The van der Waals surface area contributed by atoms with Crippen LogP contribution < -0.4 is 16.8 Å². The van der Waals surface area contributed by atoms with E-state index in [1.165, 1.54) is 33.8 Å². The van der Waals surface area contributed by atoms with Gasteiger partial charge in [0.2, 0.25) is 0 Å². The summed E-state index contributed by atoms with van der Waals surface area (Å²) in [7, 11) is 5.99. The molecule has 0 aliphatic carbocycles. The average Bonchev–Trinajstić information content (AvgIpc) is 3.29. The van der Waals surface area contributed by atoms with Crippen LogP contribution in [-0.2, 0) is 42.9 Å². The van der Waals surface area contributed by atoms with Gasteiger partial charge in [0.25, 0.3) is 0 Å². The smallest absolute Gasteiger partial charge is 0.273 e. The Hall–Kier alpha value is -1.42.